The number of carbonyl (C=O) groups excluding carboxylic acids is 2. The van der Waals surface area contributed by atoms with E-state index in [4.69, 9.17) is 4.74 Å². The van der Waals surface area contributed by atoms with Gasteiger partial charge in [-0.3, -0.25) is 14.6 Å². The van der Waals surface area contributed by atoms with Gasteiger partial charge in [0, 0.05) is 30.4 Å². The minimum atomic E-state index is -0.407. The predicted molar refractivity (Wildman–Crippen MR) is 141 cm³/mol. The minimum Gasteiger partial charge on any atom is -0.489 e. The Bertz CT molecular complexity index is 1350. The van der Waals surface area contributed by atoms with Crippen LogP contribution in [0.15, 0.2) is 49.4 Å². The van der Waals surface area contributed by atoms with Gasteiger partial charge in [-0.1, -0.05) is 23.9 Å². The van der Waals surface area contributed by atoms with E-state index in [1.54, 1.807) is 53.3 Å². The smallest absolute Gasteiger partial charge is 0.273 e. The third-order valence-electron chi connectivity index (χ3n) is 6.69. The van der Waals surface area contributed by atoms with Crippen LogP contribution >= 0.6 is 0 Å². The van der Waals surface area contributed by atoms with E-state index < -0.39 is 5.82 Å². The van der Waals surface area contributed by atoms with Crippen molar-refractivity contribution in [3.8, 4) is 16.9 Å². The second kappa shape index (κ2) is 11.1. The first-order valence-electron chi connectivity index (χ1n) is 12.6. The number of aromatic nitrogens is 4. The lowest BCUT2D eigenvalue weighted by molar-refractivity contribution is -0.127. The summed E-state index contributed by atoms with van der Waals surface area (Å²) in [6, 6.07) is 5.08. The topological polar surface area (TPSA) is 102 Å². The van der Waals surface area contributed by atoms with E-state index in [9.17, 15) is 9.59 Å². The molecule has 1 aliphatic rings. The molecule has 3 heterocycles. The molecule has 1 N–H and O–H groups in total. The molecule has 0 saturated carbocycles. The Morgan fingerprint density at radius 3 is 2.76 bits per heavy atom. The number of pyridine rings is 1. The van der Waals surface area contributed by atoms with Gasteiger partial charge in [-0.2, -0.15) is 0 Å². The Balaban J connectivity index is 1.47. The van der Waals surface area contributed by atoms with Crippen molar-refractivity contribution >= 4 is 11.8 Å². The third kappa shape index (κ3) is 5.74. The van der Waals surface area contributed by atoms with Crippen molar-refractivity contribution in [2.45, 2.75) is 58.7 Å². The van der Waals surface area contributed by atoms with E-state index >= 15 is 4.39 Å². The summed E-state index contributed by atoms with van der Waals surface area (Å²) in [6.45, 7) is 12.2. The molecule has 4 rings (SSSR count). The van der Waals surface area contributed by atoms with Crippen LogP contribution in [0, 0.1) is 12.7 Å². The summed E-state index contributed by atoms with van der Waals surface area (Å²) in [5.41, 5.74) is 1.90. The highest BCUT2D eigenvalue weighted by molar-refractivity contribution is 5.91. The molecule has 1 saturated heterocycles. The zero-order chi connectivity index (χ0) is 27.4. The molecular weight excluding hydrogens is 487 g/mol. The fraction of sp³-hybridized carbons (Fsp3) is 0.393. The van der Waals surface area contributed by atoms with Crippen molar-refractivity contribution in [3.05, 3.63) is 72.1 Å². The normalized spacial score (nSPS) is 15.4. The van der Waals surface area contributed by atoms with E-state index in [1.165, 1.54) is 6.08 Å². The number of nitrogens with zero attached hydrogens (tertiary/aromatic N) is 5. The highest BCUT2D eigenvalue weighted by Gasteiger charge is 2.28. The van der Waals surface area contributed by atoms with Gasteiger partial charge < -0.3 is 15.0 Å². The van der Waals surface area contributed by atoms with Crippen molar-refractivity contribution in [1.29, 1.82) is 0 Å². The van der Waals surface area contributed by atoms with Crippen LogP contribution in [0.25, 0.3) is 11.1 Å². The molecule has 0 radical (unpaired) electrons. The second-order valence-corrected chi connectivity index (χ2v) is 10.3. The summed E-state index contributed by atoms with van der Waals surface area (Å²) >= 11 is 0. The van der Waals surface area contributed by atoms with Crippen molar-refractivity contribution in [1.82, 2.24) is 30.2 Å². The summed E-state index contributed by atoms with van der Waals surface area (Å²) in [7, 11) is 0. The van der Waals surface area contributed by atoms with E-state index in [1.807, 2.05) is 20.8 Å². The number of amides is 2. The van der Waals surface area contributed by atoms with Crippen LogP contribution < -0.4 is 10.1 Å². The molecule has 38 heavy (non-hydrogen) atoms. The molecule has 1 fully saturated rings. The quantitative estimate of drug-likeness (QED) is 0.450. The second-order valence-electron chi connectivity index (χ2n) is 10.3. The molecule has 1 atom stereocenters. The van der Waals surface area contributed by atoms with Crippen LogP contribution in [0.1, 0.15) is 55.2 Å². The Labute approximate surface area is 221 Å². The van der Waals surface area contributed by atoms with Gasteiger partial charge in [0.1, 0.15) is 18.2 Å². The summed E-state index contributed by atoms with van der Waals surface area (Å²) in [5, 5.41) is 10.7. The molecule has 0 spiro atoms. The lowest BCUT2D eigenvalue weighted by Crippen LogP contribution is -2.38. The maximum absolute atomic E-state index is 15.6. The SMILES string of the molecule is C=CC(=O)N1CCCC1COc1cnccc1-c1ccc(CNC(=O)c2cn(C(C)(C)C)nn2)c(C)c1F. The summed E-state index contributed by atoms with van der Waals surface area (Å²) < 4.78 is 23.3. The molecule has 200 valence electrons. The number of nitrogens with one attached hydrogen (secondary N) is 1. The zero-order valence-corrected chi connectivity index (χ0v) is 22.2. The number of halogens is 1. The van der Waals surface area contributed by atoms with Gasteiger partial charge in [0.15, 0.2) is 5.69 Å². The molecule has 9 nitrogen and oxygen atoms in total. The fourth-order valence-corrected chi connectivity index (χ4v) is 4.41. The van der Waals surface area contributed by atoms with Gasteiger partial charge in [0.05, 0.1) is 24.0 Å². The van der Waals surface area contributed by atoms with Crippen molar-refractivity contribution in [3.63, 3.8) is 0 Å². The molecule has 1 unspecified atom stereocenters. The van der Waals surface area contributed by atoms with Crippen LogP contribution in [0.2, 0.25) is 0 Å². The number of hydrogen-bond donors (Lipinski definition) is 1. The molecule has 10 heteroatoms. The Hall–Kier alpha value is -4.08. The van der Waals surface area contributed by atoms with Crippen LogP contribution in [-0.4, -0.2) is 55.9 Å². The Morgan fingerprint density at radius 1 is 1.26 bits per heavy atom. The Kier molecular flexibility index (Phi) is 7.89. The minimum absolute atomic E-state index is 0.0730. The highest BCUT2D eigenvalue weighted by atomic mass is 19.1. The lowest BCUT2D eigenvalue weighted by Gasteiger charge is -2.24. The fourth-order valence-electron chi connectivity index (χ4n) is 4.41. The maximum Gasteiger partial charge on any atom is 0.273 e. The molecule has 1 aliphatic heterocycles. The van der Waals surface area contributed by atoms with Gasteiger partial charge in [-0.05, 0) is 63.8 Å². The molecule has 1 aromatic carbocycles. The number of likely N-dealkylation sites (tertiary alicyclic amines) is 1. The molecule has 2 amide bonds. The number of carbonyl (C=O) groups is 2. The van der Waals surface area contributed by atoms with Crippen LogP contribution in [-0.2, 0) is 16.9 Å². The number of benzene rings is 1. The Morgan fingerprint density at radius 2 is 2.05 bits per heavy atom. The van der Waals surface area contributed by atoms with Gasteiger partial charge in [-0.25, -0.2) is 9.07 Å². The van der Waals surface area contributed by atoms with E-state index in [0.29, 0.717) is 34.5 Å². The lowest BCUT2D eigenvalue weighted by atomic mass is 9.98. The van der Waals surface area contributed by atoms with E-state index in [-0.39, 0.29) is 42.2 Å². The van der Waals surface area contributed by atoms with Gasteiger partial charge in [0.2, 0.25) is 5.91 Å². The first-order chi connectivity index (χ1) is 18.1. The van der Waals surface area contributed by atoms with Crippen LogP contribution in [0.4, 0.5) is 4.39 Å². The standard InChI is InChI=1S/C28H33FN6O3/c1-6-25(36)34-13-7-8-20(34)17-38-24-15-30-12-11-21(24)22-10-9-19(18(2)26(22)29)14-31-27(37)23-16-35(33-32-23)28(3,4)5/h6,9-12,15-16,20H,1,7-8,13-14,17H2,2-5H3,(H,31,37). The van der Waals surface area contributed by atoms with Crippen molar-refractivity contribution in [2.24, 2.45) is 0 Å². The number of ether oxygens (including phenoxy) is 1. The third-order valence-corrected chi connectivity index (χ3v) is 6.69. The van der Waals surface area contributed by atoms with Crippen molar-refractivity contribution < 1.29 is 18.7 Å². The van der Waals surface area contributed by atoms with Gasteiger partial charge in [0.25, 0.3) is 5.91 Å². The van der Waals surface area contributed by atoms with Crippen molar-refractivity contribution in [2.75, 3.05) is 13.2 Å². The maximum atomic E-state index is 15.6. The first kappa shape index (κ1) is 27.0. The predicted octanol–water partition coefficient (Wildman–Crippen LogP) is 4.03. The zero-order valence-electron chi connectivity index (χ0n) is 22.2. The average molecular weight is 521 g/mol. The largest absolute Gasteiger partial charge is 0.489 e. The molecular formula is C28H33FN6O3. The number of hydrogen-bond acceptors (Lipinski definition) is 6. The summed E-state index contributed by atoms with van der Waals surface area (Å²) in [4.78, 5) is 30.6. The molecule has 0 aliphatic carbocycles. The van der Waals surface area contributed by atoms with E-state index in [2.05, 4.69) is 27.2 Å². The number of rotatable bonds is 8. The summed E-state index contributed by atoms with van der Waals surface area (Å²) in [6.07, 6.45) is 7.76. The monoisotopic (exact) mass is 520 g/mol. The molecule has 2 aromatic heterocycles. The first-order valence-corrected chi connectivity index (χ1v) is 12.6. The van der Waals surface area contributed by atoms with Gasteiger partial charge in [-0.15, -0.1) is 5.10 Å². The summed E-state index contributed by atoms with van der Waals surface area (Å²) in [5.74, 6) is -0.474. The van der Waals surface area contributed by atoms with Gasteiger partial charge >= 0.3 is 0 Å². The van der Waals surface area contributed by atoms with Crippen LogP contribution in [0.5, 0.6) is 5.75 Å². The van der Waals surface area contributed by atoms with E-state index in [0.717, 1.165) is 12.8 Å². The molecule has 3 aromatic rings. The molecule has 0 bridgehead atoms. The highest BCUT2D eigenvalue weighted by Crippen LogP contribution is 2.34. The average Bonchev–Trinajstić information content (AvgIpc) is 3.58. The van der Waals surface area contributed by atoms with Crippen LogP contribution in [0.3, 0.4) is 0 Å².